The van der Waals surface area contributed by atoms with E-state index in [1.807, 2.05) is 0 Å². The van der Waals surface area contributed by atoms with Crippen molar-refractivity contribution in [1.82, 2.24) is 18.6 Å². The SMILES string of the molecule is CCOC(=O)C1(N(C)C(=O)c2cc(-n3c(=O)n(C)c(=S)n(C)c3=O)c(F)cc2Cl)CC1. The summed E-state index contributed by atoms with van der Waals surface area (Å²) >= 11 is 11.1. The molecular weight excluding hydrogens is 451 g/mol. The summed E-state index contributed by atoms with van der Waals surface area (Å²) in [5.41, 5.74) is -3.51. The van der Waals surface area contributed by atoms with Crippen molar-refractivity contribution in [1.29, 1.82) is 0 Å². The number of carbonyl (C=O) groups excluding carboxylic acids is 2. The molecule has 0 bridgehead atoms. The highest BCUT2D eigenvalue weighted by molar-refractivity contribution is 7.71. The predicted molar refractivity (Wildman–Crippen MR) is 113 cm³/mol. The number of amides is 1. The smallest absolute Gasteiger partial charge is 0.338 e. The molecule has 31 heavy (non-hydrogen) atoms. The molecule has 3 rings (SSSR count). The third-order valence-corrected chi connectivity index (χ3v) is 6.22. The number of hydrogen-bond donors (Lipinski definition) is 0. The molecule has 1 aliphatic rings. The highest BCUT2D eigenvalue weighted by atomic mass is 35.5. The lowest BCUT2D eigenvalue weighted by Gasteiger charge is -2.27. The summed E-state index contributed by atoms with van der Waals surface area (Å²) in [7, 11) is 4.09. The van der Waals surface area contributed by atoms with Crippen LogP contribution in [0.25, 0.3) is 5.69 Å². The molecule has 1 heterocycles. The monoisotopic (exact) mass is 470 g/mol. The summed E-state index contributed by atoms with van der Waals surface area (Å²) in [5, 5.41) is -0.230. The zero-order valence-electron chi connectivity index (χ0n) is 17.3. The topological polar surface area (TPSA) is 95.5 Å². The maximum atomic E-state index is 14.8. The van der Waals surface area contributed by atoms with Crippen LogP contribution in [-0.2, 0) is 23.6 Å². The summed E-state index contributed by atoms with van der Waals surface area (Å²) in [4.78, 5) is 51.9. The maximum Gasteiger partial charge on any atom is 0.338 e. The van der Waals surface area contributed by atoms with E-state index in [2.05, 4.69) is 0 Å². The maximum absolute atomic E-state index is 14.8. The summed E-state index contributed by atoms with van der Waals surface area (Å²) in [6, 6.07) is 1.86. The van der Waals surface area contributed by atoms with Crippen LogP contribution in [0.3, 0.4) is 0 Å². The third kappa shape index (κ3) is 3.61. The van der Waals surface area contributed by atoms with E-state index in [1.54, 1.807) is 6.92 Å². The average molecular weight is 471 g/mol. The van der Waals surface area contributed by atoms with Gasteiger partial charge in [0.05, 0.1) is 22.9 Å². The van der Waals surface area contributed by atoms with Crippen molar-refractivity contribution < 1.29 is 18.7 Å². The molecular formula is C19H20ClFN4O5S. The number of halogens is 2. The highest BCUT2D eigenvalue weighted by Gasteiger charge is 2.56. The lowest BCUT2D eigenvalue weighted by molar-refractivity contribution is -0.149. The molecule has 0 saturated heterocycles. The number of carbonyl (C=O) groups is 2. The van der Waals surface area contributed by atoms with Crippen LogP contribution >= 0.6 is 23.8 Å². The molecule has 0 aliphatic heterocycles. The van der Waals surface area contributed by atoms with Crippen LogP contribution in [0.15, 0.2) is 21.7 Å². The first-order valence-corrected chi connectivity index (χ1v) is 10.1. The molecule has 12 heteroatoms. The molecule has 2 aromatic rings. The Kier molecular flexibility index (Phi) is 5.94. The number of hydrogen-bond acceptors (Lipinski definition) is 6. The van der Waals surface area contributed by atoms with Gasteiger partial charge in [0.15, 0.2) is 4.77 Å². The Bertz CT molecular complexity index is 1240. The molecule has 0 unspecified atom stereocenters. The molecule has 0 spiro atoms. The number of esters is 1. The Hall–Kier alpha value is -2.79. The van der Waals surface area contributed by atoms with E-state index in [4.69, 9.17) is 28.6 Å². The lowest BCUT2D eigenvalue weighted by Crippen LogP contribution is -2.46. The number of likely N-dealkylation sites (N-methyl/N-ethyl adjacent to an activating group) is 1. The first-order chi connectivity index (χ1) is 14.5. The standard InChI is InChI=1S/C19H20ClFN4O5S/c1-5-30-15(27)19(6-7-19)24(4)14(26)10-8-13(12(21)9-11(10)20)25-16(28)22(2)18(31)23(3)17(25)29/h8-9H,5-7H2,1-4H3. The van der Waals surface area contributed by atoms with E-state index in [1.165, 1.54) is 26.0 Å². The Labute approximate surface area is 186 Å². The van der Waals surface area contributed by atoms with Crippen molar-refractivity contribution in [2.45, 2.75) is 25.3 Å². The Morgan fingerprint density at radius 3 is 2.26 bits per heavy atom. The second-order valence-corrected chi connectivity index (χ2v) is 7.97. The minimum atomic E-state index is -1.12. The van der Waals surface area contributed by atoms with E-state index >= 15 is 0 Å². The number of nitrogens with zero attached hydrogens (tertiary/aromatic N) is 4. The molecule has 1 aliphatic carbocycles. The van der Waals surface area contributed by atoms with Gasteiger partial charge in [0.1, 0.15) is 11.4 Å². The Balaban J connectivity index is 2.16. The van der Waals surface area contributed by atoms with Gasteiger partial charge in [-0.1, -0.05) is 11.6 Å². The zero-order chi connectivity index (χ0) is 23.2. The van der Waals surface area contributed by atoms with Crippen molar-refractivity contribution in [2.75, 3.05) is 13.7 Å². The molecule has 0 atom stereocenters. The first-order valence-electron chi connectivity index (χ1n) is 9.31. The average Bonchev–Trinajstić information content (AvgIpc) is 3.53. The van der Waals surface area contributed by atoms with Crippen LogP contribution < -0.4 is 11.4 Å². The molecule has 1 fully saturated rings. The van der Waals surface area contributed by atoms with Gasteiger partial charge in [-0.05, 0) is 44.1 Å². The van der Waals surface area contributed by atoms with Crippen LogP contribution in [0.4, 0.5) is 4.39 Å². The number of aromatic nitrogens is 3. The molecule has 1 saturated carbocycles. The quantitative estimate of drug-likeness (QED) is 0.486. The molecule has 1 amide bonds. The van der Waals surface area contributed by atoms with Gasteiger partial charge >= 0.3 is 17.3 Å². The number of rotatable bonds is 5. The van der Waals surface area contributed by atoms with Crippen LogP contribution in [0.2, 0.25) is 5.02 Å². The number of benzene rings is 1. The van der Waals surface area contributed by atoms with Crippen molar-refractivity contribution in [3.63, 3.8) is 0 Å². The Morgan fingerprint density at radius 1 is 1.23 bits per heavy atom. The van der Waals surface area contributed by atoms with E-state index in [-0.39, 0.29) is 22.0 Å². The van der Waals surface area contributed by atoms with Gasteiger partial charge in [0, 0.05) is 21.1 Å². The molecule has 1 aromatic heterocycles. The molecule has 9 nitrogen and oxygen atoms in total. The normalized spacial score (nSPS) is 14.3. The van der Waals surface area contributed by atoms with Crippen molar-refractivity contribution in [3.8, 4) is 5.69 Å². The van der Waals surface area contributed by atoms with Crippen LogP contribution in [-0.4, -0.2) is 49.7 Å². The minimum absolute atomic E-state index is 0.0539. The molecule has 0 N–H and O–H groups in total. The van der Waals surface area contributed by atoms with Crippen LogP contribution in [0, 0.1) is 10.6 Å². The summed E-state index contributed by atoms with van der Waals surface area (Å²) in [5.74, 6) is -2.19. The van der Waals surface area contributed by atoms with E-state index in [0.29, 0.717) is 17.4 Å². The van der Waals surface area contributed by atoms with Gasteiger partial charge in [0.25, 0.3) is 5.91 Å². The van der Waals surface area contributed by atoms with Gasteiger partial charge in [-0.2, -0.15) is 0 Å². The zero-order valence-corrected chi connectivity index (χ0v) is 18.8. The van der Waals surface area contributed by atoms with E-state index < -0.39 is 40.3 Å². The fourth-order valence-corrected chi connectivity index (χ4v) is 3.67. The van der Waals surface area contributed by atoms with Crippen molar-refractivity contribution in [2.24, 2.45) is 14.1 Å². The molecule has 1 aromatic carbocycles. The fourth-order valence-electron chi connectivity index (χ4n) is 3.28. The molecule has 0 radical (unpaired) electrons. The van der Waals surface area contributed by atoms with E-state index in [9.17, 15) is 23.6 Å². The second kappa shape index (κ2) is 8.04. The van der Waals surface area contributed by atoms with Gasteiger partial charge in [-0.3, -0.25) is 13.9 Å². The minimum Gasteiger partial charge on any atom is -0.464 e. The third-order valence-electron chi connectivity index (χ3n) is 5.36. The van der Waals surface area contributed by atoms with Crippen LogP contribution in [0.1, 0.15) is 30.1 Å². The highest BCUT2D eigenvalue weighted by Crippen LogP contribution is 2.43. The van der Waals surface area contributed by atoms with E-state index in [0.717, 1.165) is 21.3 Å². The second-order valence-electron chi connectivity index (χ2n) is 7.20. The van der Waals surface area contributed by atoms with Gasteiger partial charge in [0.2, 0.25) is 0 Å². The fraction of sp³-hybridized carbons (Fsp3) is 0.421. The first kappa shape index (κ1) is 22.9. The van der Waals surface area contributed by atoms with Gasteiger partial charge in [-0.15, -0.1) is 0 Å². The largest absolute Gasteiger partial charge is 0.464 e. The van der Waals surface area contributed by atoms with Crippen molar-refractivity contribution >= 4 is 35.7 Å². The molecule has 166 valence electrons. The number of ether oxygens (including phenoxy) is 1. The summed E-state index contributed by atoms with van der Waals surface area (Å²) in [6.45, 7) is 1.82. The summed E-state index contributed by atoms with van der Waals surface area (Å²) < 4.78 is 22.3. The lowest BCUT2D eigenvalue weighted by atomic mass is 10.1. The summed E-state index contributed by atoms with van der Waals surface area (Å²) in [6.07, 6.45) is 0.825. The predicted octanol–water partition coefficient (Wildman–Crippen LogP) is 1.56. The Morgan fingerprint density at radius 2 is 1.77 bits per heavy atom. The van der Waals surface area contributed by atoms with Gasteiger partial charge < -0.3 is 9.64 Å². The van der Waals surface area contributed by atoms with Gasteiger partial charge in [-0.25, -0.2) is 23.3 Å². The van der Waals surface area contributed by atoms with Crippen LogP contribution in [0.5, 0.6) is 0 Å². The van der Waals surface area contributed by atoms with Crippen molar-refractivity contribution in [3.05, 3.63) is 54.3 Å².